The third kappa shape index (κ3) is 4.84. The molecule has 0 saturated heterocycles. The zero-order valence-electron chi connectivity index (χ0n) is 16.3. The zero-order valence-corrected chi connectivity index (χ0v) is 17.1. The van der Waals surface area contributed by atoms with Gasteiger partial charge in [0.05, 0.1) is 10.9 Å². The molecule has 0 fully saturated rings. The van der Waals surface area contributed by atoms with Crippen LogP contribution in [0.4, 0.5) is 11.4 Å². The molecule has 154 valence electrons. The number of nitrogens with one attached hydrogen (secondary N) is 2. The number of benzene rings is 3. The van der Waals surface area contributed by atoms with E-state index in [0.717, 1.165) is 5.56 Å². The van der Waals surface area contributed by atoms with Crippen molar-refractivity contribution in [3.63, 3.8) is 0 Å². The highest BCUT2D eigenvalue weighted by atomic mass is 32.2. The van der Waals surface area contributed by atoms with Gasteiger partial charge in [0.2, 0.25) is 0 Å². The summed E-state index contributed by atoms with van der Waals surface area (Å²) in [6, 6.07) is 16.7. The summed E-state index contributed by atoms with van der Waals surface area (Å²) in [5.74, 6) is -1.84. The number of aromatic carboxylic acids is 1. The highest BCUT2D eigenvalue weighted by molar-refractivity contribution is 7.92. The van der Waals surface area contributed by atoms with Crippen molar-refractivity contribution < 1.29 is 23.1 Å². The van der Waals surface area contributed by atoms with E-state index in [2.05, 4.69) is 10.0 Å². The Kier molecular flexibility index (Phi) is 5.89. The number of sulfonamides is 1. The number of hydrogen-bond acceptors (Lipinski definition) is 5. The normalized spacial score (nSPS) is 11.0. The van der Waals surface area contributed by atoms with Crippen LogP contribution < -0.4 is 15.1 Å². The van der Waals surface area contributed by atoms with Crippen molar-refractivity contribution in [2.45, 2.75) is 18.7 Å². The molecule has 0 bridgehead atoms. The molecule has 8 heteroatoms. The summed E-state index contributed by atoms with van der Waals surface area (Å²) < 4.78 is 28.2. The fourth-order valence-electron chi connectivity index (χ4n) is 2.76. The van der Waals surface area contributed by atoms with Crippen LogP contribution in [0.5, 0.6) is 0 Å². The Morgan fingerprint density at radius 3 is 1.97 bits per heavy atom. The summed E-state index contributed by atoms with van der Waals surface area (Å²) in [4.78, 5) is 23.4. The van der Waals surface area contributed by atoms with Gasteiger partial charge in [0, 0.05) is 16.9 Å². The quantitative estimate of drug-likeness (QED) is 0.633. The van der Waals surface area contributed by atoms with Crippen LogP contribution in [0.25, 0.3) is 0 Å². The molecule has 7 nitrogen and oxygen atoms in total. The minimum atomic E-state index is -3.90. The fourth-order valence-corrected chi connectivity index (χ4v) is 4.09. The molecule has 1 amide bonds. The molecule has 0 aliphatic carbocycles. The first-order valence-electron chi connectivity index (χ1n) is 8.98. The predicted octanol–water partition coefficient (Wildman–Crippen LogP) is 2.72. The third-order valence-corrected chi connectivity index (χ3v) is 5.95. The first kappa shape index (κ1) is 21.1. The van der Waals surface area contributed by atoms with E-state index in [4.69, 9.17) is 0 Å². The van der Waals surface area contributed by atoms with E-state index in [1.54, 1.807) is 37.3 Å². The van der Waals surface area contributed by atoms with Crippen molar-refractivity contribution in [3.05, 3.63) is 89.0 Å². The van der Waals surface area contributed by atoms with Crippen LogP contribution in [0.15, 0.2) is 71.6 Å². The van der Waals surface area contributed by atoms with Crippen LogP contribution in [0.3, 0.4) is 0 Å². The molecular formula is C22H19N2O5S-. The van der Waals surface area contributed by atoms with E-state index in [-0.39, 0.29) is 16.0 Å². The standard InChI is InChI=1S/C22H20N2O5S/c1-14-3-9-19(10-4-14)24-30(28,29)20-13-17(6-5-15(20)2)21(25)23-18-11-7-16(8-12-18)22(26)27/h3-13,24H,1-2H3,(H,23,25)(H,26,27)/p-1. The summed E-state index contributed by atoms with van der Waals surface area (Å²) in [5.41, 5.74) is 2.41. The lowest BCUT2D eigenvalue weighted by molar-refractivity contribution is -0.255. The summed E-state index contributed by atoms with van der Waals surface area (Å²) in [7, 11) is -3.90. The van der Waals surface area contributed by atoms with Crippen LogP contribution >= 0.6 is 0 Å². The van der Waals surface area contributed by atoms with Crippen molar-refractivity contribution in [1.29, 1.82) is 0 Å². The van der Waals surface area contributed by atoms with Crippen LogP contribution in [-0.2, 0) is 10.0 Å². The van der Waals surface area contributed by atoms with Gasteiger partial charge in [0.1, 0.15) is 0 Å². The smallest absolute Gasteiger partial charge is 0.262 e. The number of hydrogen-bond donors (Lipinski definition) is 2. The number of carboxylic acids is 1. The fraction of sp³-hybridized carbons (Fsp3) is 0.0909. The van der Waals surface area contributed by atoms with Crippen LogP contribution in [0, 0.1) is 13.8 Å². The number of amides is 1. The average Bonchev–Trinajstić information content (AvgIpc) is 2.70. The van der Waals surface area contributed by atoms with Gasteiger partial charge < -0.3 is 15.2 Å². The lowest BCUT2D eigenvalue weighted by atomic mass is 10.1. The van der Waals surface area contributed by atoms with Crippen molar-refractivity contribution in [3.8, 4) is 0 Å². The Hall–Kier alpha value is -3.65. The highest BCUT2D eigenvalue weighted by Gasteiger charge is 2.19. The molecule has 0 saturated carbocycles. The molecule has 0 aromatic heterocycles. The Balaban J connectivity index is 1.83. The maximum Gasteiger partial charge on any atom is 0.262 e. The van der Waals surface area contributed by atoms with Crippen LogP contribution in [0.2, 0.25) is 0 Å². The van der Waals surface area contributed by atoms with Gasteiger partial charge in [-0.15, -0.1) is 0 Å². The van der Waals surface area contributed by atoms with Crippen molar-refractivity contribution in [2.75, 3.05) is 10.0 Å². The van der Waals surface area contributed by atoms with Gasteiger partial charge in [0.15, 0.2) is 0 Å². The molecule has 0 atom stereocenters. The van der Waals surface area contributed by atoms with E-state index in [9.17, 15) is 23.1 Å². The van der Waals surface area contributed by atoms with Crippen molar-refractivity contribution in [2.24, 2.45) is 0 Å². The molecule has 0 aliphatic rings. The van der Waals surface area contributed by atoms with Gasteiger partial charge in [0.25, 0.3) is 15.9 Å². The summed E-state index contributed by atoms with van der Waals surface area (Å²) in [6.07, 6.45) is 0. The van der Waals surface area contributed by atoms with Gasteiger partial charge in [-0.3, -0.25) is 9.52 Å². The molecule has 3 aromatic rings. The van der Waals surface area contributed by atoms with Gasteiger partial charge in [-0.25, -0.2) is 8.42 Å². The molecule has 3 rings (SSSR count). The Morgan fingerprint density at radius 1 is 0.800 bits per heavy atom. The first-order valence-corrected chi connectivity index (χ1v) is 10.5. The molecule has 3 aromatic carbocycles. The second kappa shape index (κ2) is 8.38. The molecule has 0 radical (unpaired) electrons. The number of carbonyl (C=O) groups is 2. The average molecular weight is 423 g/mol. The van der Waals surface area contributed by atoms with Crippen LogP contribution in [-0.4, -0.2) is 20.3 Å². The van der Waals surface area contributed by atoms with Crippen LogP contribution in [0.1, 0.15) is 31.8 Å². The monoisotopic (exact) mass is 423 g/mol. The van der Waals surface area contributed by atoms with Crippen molar-refractivity contribution >= 4 is 33.3 Å². The molecule has 0 spiro atoms. The second-order valence-corrected chi connectivity index (χ2v) is 8.42. The van der Waals surface area contributed by atoms with Gasteiger partial charge >= 0.3 is 0 Å². The molecule has 0 aliphatic heterocycles. The minimum Gasteiger partial charge on any atom is -0.545 e. The maximum absolute atomic E-state index is 12.8. The zero-order chi connectivity index (χ0) is 21.9. The van der Waals surface area contributed by atoms with E-state index in [1.807, 2.05) is 6.92 Å². The predicted molar refractivity (Wildman–Crippen MR) is 112 cm³/mol. The Labute approximate surface area is 174 Å². The SMILES string of the molecule is Cc1ccc(NS(=O)(=O)c2cc(C(=O)Nc3ccc(C(=O)[O-])cc3)ccc2C)cc1. The molecule has 0 unspecified atom stereocenters. The topological polar surface area (TPSA) is 115 Å². The highest BCUT2D eigenvalue weighted by Crippen LogP contribution is 2.22. The summed E-state index contributed by atoms with van der Waals surface area (Å²) in [5, 5.41) is 13.4. The van der Waals surface area contributed by atoms with Crippen molar-refractivity contribution in [1.82, 2.24) is 0 Å². The van der Waals surface area contributed by atoms with E-state index < -0.39 is 21.9 Å². The van der Waals surface area contributed by atoms with Gasteiger partial charge in [-0.2, -0.15) is 0 Å². The van der Waals surface area contributed by atoms with Gasteiger partial charge in [-0.05, 0) is 61.4 Å². The molecule has 0 heterocycles. The first-order chi connectivity index (χ1) is 14.2. The number of aryl methyl sites for hydroxylation is 2. The largest absolute Gasteiger partial charge is 0.545 e. The minimum absolute atomic E-state index is 0.0111. The lowest BCUT2D eigenvalue weighted by Gasteiger charge is -2.13. The maximum atomic E-state index is 12.8. The van der Waals surface area contributed by atoms with Gasteiger partial charge in [-0.1, -0.05) is 35.9 Å². The number of carbonyl (C=O) groups excluding carboxylic acids is 2. The third-order valence-electron chi connectivity index (χ3n) is 4.42. The van der Waals surface area contributed by atoms with E-state index in [0.29, 0.717) is 16.9 Å². The molecular weight excluding hydrogens is 404 g/mol. The number of anilines is 2. The van der Waals surface area contributed by atoms with E-state index in [1.165, 1.54) is 36.4 Å². The second-order valence-electron chi connectivity index (χ2n) is 6.77. The Bertz CT molecular complexity index is 1200. The molecule has 30 heavy (non-hydrogen) atoms. The van der Waals surface area contributed by atoms with E-state index >= 15 is 0 Å². The summed E-state index contributed by atoms with van der Waals surface area (Å²) >= 11 is 0. The molecule has 2 N–H and O–H groups in total. The number of rotatable bonds is 6. The number of carboxylic acid groups (broad SMARTS) is 1. The lowest BCUT2D eigenvalue weighted by Crippen LogP contribution is -2.22. The Morgan fingerprint density at radius 2 is 1.37 bits per heavy atom. The summed E-state index contributed by atoms with van der Waals surface area (Å²) in [6.45, 7) is 3.54.